The summed E-state index contributed by atoms with van der Waals surface area (Å²) in [6, 6.07) is 15.0. The molecular formula is C17H18N2O2. The van der Waals surface area contributed by atoms with Crippen LogP contribution in [0.2, 0.25) is 0 Å². The smallest absolute Gasteiger partial charge is 0.247 e. The number of methoxy groups -OCH3 is 1. The zero-order valence-corrected chi connectivity index (χ0v) is 12.1. The van der Waals surface area contributed by atoms with Gasteiger partial charge in [-0.25, -0.2) is 0 Å². The largest absolute Gasteiger partial charge is 0.497 e. The molecule has 1 aliphatic rings. The van der Waals surface area contributed by atoms with Crippen molar-refractivity contribution in [2.75, 3.05) is 12.0 Å². The fraction of sp³-hybridized carbons (Fsp3) is 0.235. The van der Waals surface area contributed by atoms with Crippen molar-refractivity contribution in [3.63, 3.8) is 0 Å². The third kappa shape index (κ3) is 2.28. The highest BCUT2D eigenvalue weighted by Gasteiger charge is 2.46. The van der Waals surface area contributed by atoms with Crippen LogP contribution in [0, 0.1) is 6.92 Å². The molecule has 1 amide bonds. The summed E-state index contributed by atoms with van der Waals surface area (Å²) in [4.78, 5) is 13.9. The molecule has 3 rings (SSSR count). The number of nitrogens with two attached hydrogens (primary N) is 1. The lowest BCUT2D eigenvalue weighted by Crippen LogP contribution is -2.63. The monoisotopic (exact) mass is 282 g/mol. The van der Waals surface area contributed by atoms with E-state index in [0.29, 0.717) is 0 Å². The van der Waals surface area contributed by atoms with Gasteiger partial charge in [-0.05, 0) is 36.8 Å². The number of carbonyl (C=O) groups excluding carboxylic acids is 1. The lowest BCUT2D eigenvalue weighted by Gasteiger charge is -2.45. The van der Waals surface area contributed by atoms with E-state index in [9.17, 15) is 4.79 Å². The van der Waals surface area contributed by atoms with Gasteiger partial charge in [0.1, 0.15) is 11.8 Å². The number of nitrogens with zero attached hydrogens (tertiary/aromatic N) is 1. The number of amides is 1. The molecule has 2 atom stereocenters. The molecule has 2 N–H and O–H groups in total. The number of carbonyl (C=O) groups is 1. The Morgan fingerprint density at radius 1 is 1.05 bits per heavy atom. The minimum absolute atomic E-state index is 0.0502. The van der Waals surface area contributed by atoms with Crippen molar-refractivity contribution in [2.24, 2.45) is 5.73 Å². The number of ether oxygens (including phenoxy) is 1. The third-order valence-corrected chi connectivity index (χ3v) is 3.91. The third-order valence-electron chi connectivity index (χ3n) is 3.91. The quantitative estimate of drug-likeness (QED) is 0.880. The second-order valence-corrected chi connectivity index (χ2v) is 5.29. The minimum Gasteiger partial charge on any atom is -0.497 e. The number of anilines is 1. The average Bonchev–Trinajstić information content (AvgIpc) is 2.53. The number of rotatable bonds is 3. The van der Waals surface area contributed by atoms with Crippen molar-refractivity contribution in [2.45, 2.75) is 19.0 Å². The predicted octanol–water partition coefficient (Wildman–Crippen LogP) is 2.42. The number of β-lactam (4-membered cyclic amide) rings is 1. The number of aryl methyl sites for hydroxylation is 1. The maximum absolute atomic E-state index is 12.1. The van der Waals surface area contributed by atoms with Gasteiger partial charge in [0.2, 0.25) is 5.91 Å². The van der Waals surface area contributed by atoms with Crippen molar-refractivity contribution in [3.8, 4) is 5.75 Å². The van der Waals surface area contributed by atoms with Gasteiger partial charge in [0.15, 0.2) is 0 Å². The standard InChI is InChI=1S/C17H18N2O2/c1-11-3-5-12(6-4-11)16-15(18)17(20)19(16)13-7-9-14(21-2)10-8-13/h3-10,15-16H,18H2,1-2H3/t15-,16+/m0/s1. The van der Waals surface area contributed by atoms with Crippen LogP contribution in [0.15, 0.2) is 48.5 Å². The Labute approximate surface area is 124 Å². The maximum atomic E-state index is 12.1. The molecule has 1 heterocycles. The molecule has 1 saturated heterocycles. The Bertz CT molecular complexity index is 649. The van der Waals surface area contributed by atoms with E-state index < -0.39 is 6.04 Å². The molecule has 2 aromatic carbocycles. The summed E-state index contributed by atoms with van der Waals surface area (Å²) in [6.07, 6.45) is 0. The Morgan fingerprint density at radius 3 is 2.24 bits per heavy atom. The van der Waals surface area contributed by atoms with Crippen molar-refractivity contribution in [1.82, 2.24) is 0 Å². The van der Waals surface area contributed by atoms with Crippen molar-refractivity contribution in [1.29, 1.82) is 0 Å². The predicted molar refractivity (Wildman–Crippen MR) is 82.4 cm³/mol. The van der Waals surface area contributed by atoms with E-state index in [1.165, 1.54) is 5.56 Å². The van der Waals surface area contributed by atoms with Crippen molar-refractivity contribution >= 4 is 11.6 Å². The first-order valence-electron chi connectivity index (χ1n) is 6.91. The van der Waals surface area contributed by atoms with Gasteiger partial charge in [-0.1, -0.05) is 29.8 Å². The van der Waals surface area contributed by atoms with E-state index in [-0.39, 0.29) is 11.9 Å². The zero-order chi connectivity index (χ0) is 15.0. The van der Waals surface area contributed by atoms with Crippen LogP contribution >= 0.6 is 0 Å². The van der Waals surface area contributed by atoms with E-state index in [1.807, 2.05) is 55.5 Å². The Hall–Kier alpha value is -2.33. The molecule has 1 aliphatic heterocycles. The highest BCUT2D eigenvalue weighted by Crippen LogP contribution is 2.38. The Morgan fingerprint density at radius 2 is 1.67 bits per heavy atom. The summed E-state index contributed by atoms with van der Waals surface area (Å²) >= 11 is 0. The van der Waals surface area contributed by atoms with Gasteiger partial charge in [0.05, 0.1) is 13.2 Å². The Balaban J connectivity index is 1.92. The van der Waals surface area contributed by atoms with Gasteiger partial charge in [0, 0.05) is 5.69 Å². The number of hydrogen-bond donors (Lipinski definition) is 1. The summed E-state index contributed by atoms with van der Waals surface area (Å²) in [5, 5.41) is 0. The number of benzene rings is 2. The number of hydrogen-bond acceptors (Lipinski definition) is 3. The van der Waals surface area contributed by atoms with Crippen LogP contribution in [0.3, 0.4) is 0 Å². The molecule has 21 heavy (non-hydrogen) atoms. The Kier molecular flexibility index (Phi) is 3.39. The molecular weight excluding hydrogens is 264 g/mol. The molecule has 0 unspecified atom stereocenters. The van der Waals surface area contributed by atoms with Crippen LogP contribution in [0.1, 0.15) is 17.2 Å². The minimum atomic E-state index is -0.477. The van der Waals surface area contributed by atoms with E-state index >= 15 is 0 Å². The summed E-state index contributed by atoms with van der Waals surface area (Å²) in [5.41, 5.74) is 9.09. The molecule has 0 bridgehead atoms. The zero-order valence-electron chi connectivity index (χ0n) is 12.1. The average molecular weight is 282 g/mol. The van der Waals surface area contributed by atoms with Crippen molar-refractivity contribution in [3.05, 3.63) is 59.7 Å². The normalized spacial score (nSPS) is 21.1. The fourth-order valence-corrected chi connectivity index (χ4v) is 2.66. The van der Waals surface area contributed by atoms with E-state index in [0.717, 1.165) is 17.0 Å². The fourth-order valence-electron chi connectivity index (χ4n) is 2.66. The molecule has 2 aromatic rings. The first-order valence-corrected chi connectivity index (χ1v) is 6.91. The van der Waals surface area contributed by atoms with Gasteiger partial charge in [0.25, 0.3) is 0 Å². The van der Waals surface area contributed by atoms with Crippen LogP contribution in [0.4, 0.5) is 5.69 Å². The van der Waals surface area contributed by atoms with Crippen LogP contribution < -0.4 is 15.4 Å². The topological polar surface area (TPSA) is 55.6 Å². The van der Waals surface area contributed by atoms with Crippen LogP contribution in [-0.4, -0.2) is 19.1 Å². The summed E-state index contributed by atoms with van der Waals surface area (Å²) < 4.78 is 5.15. The first-order chi connectivity index (χ1) is 10.1. The second-order valence-electron chi connectivity index (χ2n) is 5.29. The van der Waals surface area contributed by atoms with Crippen LogP contribution in [0.5, 0.6) is 5.75 Å². The molecule has 0 spiro atoms. The summed E-state index contributed by atoms with van der Waals surface area (Å²) in [6.45, 7) is 2.04. The summed E-state index contributed by atoms with van der Waals surface area (Å²) in [5.74, 6) is 0.716. The molecule has 4 heteroatoms. The molecule has 1 fully saturated rings. The van der Waals surface area contributed by atoms with Crippen LogP contribution in [-0.2, 0) is 4.79 Å². The SMILES string of the molecule is COc1ccc(N2C(=O)[C@@H](N)[C@H]2c2ccc(C)cc2)cc1. The van der Waals surface area contributed by atoms with Gasteiger partial charge in [-0.2, -0.15) is 0 Å². The molecule has 0 saturated carbocycles. The molecule has 4 nitrogen and oxygen atoms in total. The second kappa shape index (κ2) is 5.22. The van der Waals surface area contributed by atoms with Crippen LogP contribution in [0.25, 0.3) is 0 Å². The van der Waals surface area contributed by atoms with Gasteiger partial charge < -0.3 is 15.4 Å². The molecule has 0 aromatic heterocycles. The molecule has 0 radical (unpaired) electrons. The van der Waals surface area contributed by atoms with E-state index in [2.05, 4.69) is 0 Å². The highest BCUT2D eigenvalue weighted by atomic mass is 16.5. The lowest BCUT2D eigenvalue weighted by atomic mass is 9.88. The van der Waals surface area contributed by atoms with Crippen molar-refractivity contribution < 1.29 is 9.53 Å². The molecule has 0 aliphatic carbocycles. The first kappa shape index (κ1) is 13.6. The van der Waals surface area contributed by atoms with Gasteiger partial charge in [-0.3, -0.25) is 4.79 Å². The van der Waals surface area contributed by atoms with E-state index in [1.54, 1.807) is 12.0 Å². The van der Waals surface area contributed by atoms with Gasteiger partial charge in [-0.15, -0.1) is 0 Å². The highest BCUT2D eigenvalue weighted by molar-refractivity contribution is 6.05. The lowest BCUT2D eigenvalue weighted by molar-refractivity contribution is -0.126. The maximum Gasteiger partial charge on any atom is 0.247 e. The van der Waals surface area contributed by atoms with E-state index in [4.69, 9.17) is 10.5 Å². The van der Waals surface area contributed by atoms with Gasteiger partial charge >= 0.3 is 0 Å². The summed E-state index contributed by atoms with van der Waals surface area (Å²) in [7, 11) is 1.62. The molecule has 108 valence electrons.